The van der Waals surface area contributed by atoms with Gasteiger partial charge in [0, 0.05) is 12.3 Å². The van der Waals surface area contributed by atoms with Crippen molar-refractivity contribution in [3.8, 4) is 0 Å². The molecule has 0 fully saturated rings. The van der Waals surface area contributed by atoms with Crippen LogP contribution in [0.1, 0.15) is 0 Å². The normalized spacial score (nSPS) is 10.7. The van der Waals surface area contributed by atoms with Gasteiger partial charge in [-0.1, -0.05) is 0 Å². The number of hydrogen-bond acceptors (Lipinski definition) is 5. The Morgan fingerprint density at radius 2 is 2.20 bits per heavy atom. The van der Waals surface area contributed by atoms with Crippen LogP contribution in [0.3, 0.4) is 0 Å². The zero-order valence-electron chi connectivity index (χ0n) is 11.0. The van der Waals surface area contributed by atoms with Crippen molar-refractivity contribution in [3.05, 3.63) is 40.6 Å². The lowest BCUT2D eigenvalue weighted by atomic mass is 10.1. The maximum atomic E-state index is 11.0. The smallest absolute Gasteiger partial charge is 0.278 e. The third-order valence-electron chi connectivity index (χ3n) is 2.94. The highest BCUT2D eigenvalue weighted by molar-refractivity contribution is 5.96. The number of benzene rings is 1. The monoisotopic (exact) mass is 277 g/mol. The molecule has 0 unspecified atom stereocenters. The fourth-order valence-corrected chi connectivity index (χ4v) is 2.00. The van der Waals surface area contributed by atoms with Crippen molar-refractivity contribution in [2.75, 3.05) is 31.6 Å². The summed E-state index contributed by atoms with van der Waals surface area (Å²) in [5.41, 5.74) is 1.44. The number of aliphatic hydroxyl groups is 1. The highest BCUT2D eigenvalue weighted by Gasteiger charge is 2.14. The van der Waals surface area contributed by atoms with Crippen molar-refractivity contribution in [2.45, 2.75) is 0 Å². The molecule has 0 aliphatic carbocycles. The Labute approximate surface area is 115 Å². The number of aromatic nitrogens is 1. The summed E-state index contributed by atoms with van der Waals surface area (Å²) in [5.74, 6) is 0. The molecule has 2 aromatic rings. The Balaban J connectivity index is 2.18. The van der Waals surface area contributed by atoms with Gasteiger partial charge in [0.25, 0.3) is 5.69 Å². The van der Waals surface area contributed by atoms with E-state index >= 15 is 0 Å². The van der Waals surface area contributed by atoms with Gasteiger partial charge in [-0.05, 0) is 18.2 Å². The maximum Gasteiger partial charge on any atom is 0.278 e. The van der Waals surface area contributed by atoms with Gasteiger partial charge in [-0.2, -0.15) is 0 Å². The van der Waals surface area contributed by atoms with Crippen molar-refractivity contribution >= 4 is 22.3 Å². The lowest BCUT2D eigenvalue weighted by Crippen LogP contribution is -2.86. The molecule has 1 heterocycles. The first-order valence-corrected chi connectivity index (χ1v) is 6.42. The molecule has 0 saturated heterocycles. The highest BCUT2D eigenvalue weighted by Crippen LogP contribution is 2.29. The predicted octanol–water partition coefficient (Wildman–Crippen LogP) is 0.111. The van der Waals surface area contributed by atoms with Crippen LogP contribution >= 0.6 is 0 Å². The highest BCUT2D eigenvalue weighted by atomic mass is 16.6. The van der Waals surface area contributed by atoms with Gasteiger partial charge in [0.2, 0.25) is 0 Å². The van der Waals surface area contributed by atoms with Gasteiger partial charge in [-0.25, -0.2) is 0 Å². The minimum Gasteiger partial charge on any atom is -0.391 e. The number of pyridine rings is 1. The first-order valence-electron chi connectivity index (χ1n) is 6.42. The Bertz CT molecular complexity index is 603. The Kier molecular flexibility index (Phi) is 4.80. The van der Waals surface area contributed by atoms with E-state index in [1.165, 1.54) is 6.07 Å². The van der Waals surface area contributed by atoms with Crippen molar-refractivity contribution in [1.82, 2.24) is 4.98 Å². The van der Waals surface area contributed by atoms with Crippen LogP contribution in [-0.2, 0) is 0 Å². The molecule has 7 nitrogen and oxygen atoms in total. The number of nitrogens with two attached hydrogens (primary N) is 1. The molecule has 106 valence electrons. The zero-order valence-corrected chi connectivity index (χ0v) is 11.0. The van der Waals surface area contributed by atoms with Crippen LogP contribution in [-0.4, -0.2) is 41.3 Å². The average molecular weight is 277 g/mol. The van der Waals surface area contributed by atoms with Crippen molar-refractivity contribution in [1.29, 1.82) is 0 Å². The van der Waals surface area contributed by atoms with Gasteiger partial charge in [0.1, 0.15) is 5.52 Å². The second-order valence-electron chi connectivity index (χ2n) is 4.31. The summed E-state index contributed by atoms with van der Waals surface area (Å²) in [4.78, 5) is 14.8. The molecule has 1 aromatic heterocycles. The number of aliphatic hydroxyl groups excluding tert-OH is 1. The second kappa shape index (κ2) is 6.78. The molecule has 2 rings (SSSR count). The number of nitro groups is 1. The number of hydrogen-bond donors (Lipinski definition) is 3. The number of fused-ring (bicyclic) bond motifs is 1. The predicted molar refractivity (Wildman–Crippen MR) is 75.6 cm³/mol. The lowest BCUT2D eigenvalue weighted by molar-refractivity contribution is -0.653. The molecule has 0 aliphatic heterocycles. The van der Waals surface area contributed by atoms with Crippen molar-refractivity contribution in [2.24, 2.45) is 0 Å². The molecule has 0 radical (unpaired) electrons. The Hall–Kier alpha value is -2.25. The Morgan fingerprint density at radius 1 is 1.35 bits per heavy atom. The number of nitro benzene ring substituents is 1. The summed E-state index contributed by atoms with van der Waals surface area (Å²) >= 11 is 0. The van der Waals surface area contributed by atoms with Crippen molar-refractivity contribution in [3.63, 3.8) is 0 Å². The minimum atomic E-state index is -0.400. The largest absolute Gasteiger partial charge is 0.391 e. The number of nitrogens with one attached hydrogen (secondary N) is 1. The summed E-state index contributed by atoms with van der Waals surface area (Å²) in [6.07, 6.45) is 1.62. The number of anilines is 1. The topological polar surface area (TPSA) is 105 Å². The van der Waals surface area contributed by atoms with Gasteiger partial charge >= 0.3 is 0 Å². The average Bonchev–Trinajstić information content (AvgIpc) is 2.46. The SMILES string of the molecule is O=[N+]([O-])c1ccc(NCC[NH2+]CCO)c2ncccc12. The Morgan fingerprint density at radius 3 is 2.95 bits per heavy atom. The van der Waals surface area contributed by atoms with E-state index in [2.05, 4.69) is 10.3 Å². The fraction of sp³-hybridized carbons (Fsp3) is 0.308. The molecular formula is C13H17N4O3+. The van der Waals surface area contributed by atoms with Gasteiger partial charge < -0.3 is 15.7 Å². The van der Waals surface area contributed by atoms with Crippen LogP contribution < -0.4 is 10.6 Å². The molecular weight excluding hydrogens is 260 g/mol. The van der Waals surface area contributed by atoms with E-state index < -0.39 is 4.92 Å². The van der Waals surface area contributed by atoms with Gasteiger partial charge in [-0.3, -0.25) is 15.1 Å². The number of nitrogens with zero attached hydrogens (tertiary/aromatic N) is 2. The van der Waals surface area contributed by atoms with Crippen molar-refractivity contribution < 1.29 is 15.3 Å². The van der Waals surface area contributed by atoms with Gasteiger partial charge in [-0.15, -0.1) is 0 Å². The molecule has 0 bridgehead atoms. The van der Waals surface area contributed by atoms with E-state index in [4.69, 9.17) is 5.11 Å². The second-order valence-corrected chi connectivity index (χ2v) is 4.31. The van der Waals surface area contributed by atoms with E-state index in [-0.39, 0.29) is 12.3 Å². The van der Waals surface area contributed by atoms with E-state index in [0.29, 0.717) is 24.0 Å². The number of quaternary nitrogens is 1. The lowest BCUT2D eigenvalue weighted by Gasteiger charge is -2.08. The first-order chi connectivity index (χ1) is 9.74. The molecule has 0 atom stereocenters. The van der Waals surface area contributed by atoms with Crippen LogP contribution in [0.4, 0.5) is 11.4 Å². The van der Waals surface area contributed by atoms with Crippen LogP contribution in [0.25, 0.3) is 10.9 Å². The molecule has 0 aliphatic rings. The summed E-state index contributed by atoms with van der Waals surface area (Å²) < 4.78 is 0. The number of non-ortho nitro benzene ring substituents is 1. The summed E-state index contributed by atoms with van der Waals surface area (Å²) in [6, 6.07) is 6.56. The third-order valence-corrected chi connectivity index (χ3v) is 2.94. The quantitative estimate of drug-likeness (QED) is 0.378. The molecule has 0 spiro atoms. The van der Waals surface area contributed by atoms with Gasteiger partial charge in [0.15, 0.2) is 0 Å². The van der Waals surface area contributed by atoms with E-state index in [1.54, 1.807) is 24.4 Å². The van der Waals surface area contributed by atoms with E-state index in [0.717, 1.165) is 12.2 Å². The maximum absolute atomic E-state index is 11.0. The first kappa shape index (κ1) is 14.2. The van der Waals surface area contributed by atoms with E-state index in [9.17, 15) is 10.1 Å². The summed E-state index contributed by atoms with van der Waals surface area (Å²) in [6.45, 7) is 2.33. The van der Waals surface area contributed by atoms with E-state index in [1.807, 2.05) is 5.32 Å². The standard InChI is InChI=1S/C13H16N4O3/c18-9-8-14-6-7-15-11-3-4-12(17(19)20)10-2-1-5-16-13(10)11/h1-5,14-15,18H,6-9H2/p+1. The summed E-state index contributed by atoms with van der Waals surface area (Å²) in [5, 5.41) is 25.4. The summed E-state index contributed by atoms with van der Waals surface area (Å²) in [7, 11) is 0. The molecule has 0 saturated carbocycles. The van der Waals surface area contributed by atoms with Crippen LogP contribution in [0, 0.1) is 10.1 Å². The number of rotatable bonds is 7. The van der Waals surface area contributed by atoms with Crippen LogP contribution in [0.5, 0.6) is 0 Å². The molecule has 7 heteroatoms. The molecule has 1 aromatic carbocycles. The molecule has 4 N–H and O–H groups in total. The van der Waals surface area contributed by atoms with Crippen LogP contribution in [0.2, 0.25) is 0 Å². The molecule has 0 amide bonds. The fourth-order valence-electron chi connectivity index (χ4n) is 2.00. The van der Waals surface area contributed by atoms with Gasteiger partial charge in [0.05, 0.1) is 42.2 Å². The minimum absolute atomic E-state index is 0.0606. The third kappa shape index (κ3) is 3.19. The zero-order chi connectivity index (χ0) is 14.4. The molecule has 20 heavy (non-hydrogen) atoms. The van der Waals surface area contributed by atoms with Crippen LogP contribution in [0.15, 0.2) is 30.5 Å².